The molecule has 0 radical (unpaired) electrons. The molecule has 2 fully saturated rings. The molecule has 0 amide bonds. The van der Waals surface area contributed by atoms with E-state index in [-0.39, 0.29) is 5.54 Å². The van der Waals surface area contributed by atoms with Crippen molar-refractivity contribution < 1.29 is 4.52 Å². The molecule has 2 heterocycles. The molecule has 1 aliphatic carbocycles. The fraction of sp³-hybridized carbons (Fsp3) is 0.846. The third-order valence-corrected chi connectivity index (χ3v) is 5.26. The molecule has 3 rings (SSSR count). The summed E-state index contributed by atoms with van der Waals surface area (Å²) >= 11 is 2.05. The Labute approximate surface area is 112 Å². The molecule has 1 saturated carbocycles. The minimum Gasteiger partial charge on any atom is -0.339 e. The van der Waals surface area contributed by atoms with Crippen molar-refractivity contribution in [1.82, 2.24) is 10.1 Å². The van der Waals surface area contributed by atoms with E-state index < -0.39 is 0 Å². The molecule has 0 bridgehead atoms. The monoisotopic (exact) mass is 267 g/mol. The van der Waals surface area contributed by atoms with Crippen molar-refractivity contribution in [1.29, 1.82) is 0 Å². The zero-order valence-corrected chi connectivity index (χ0v) is 11.5. The predicted molar refractivity (Wildman–Crippen MR) is 72.4 cm³/mol. The summed E-state index contributed by atoms with van der Waals surface area (Å²) in [5.74, 6) is 4.79. The van der Waals surface area contributed by atoms with Gasteiger partial charge in [-0.1, -0.05) is 18.0 Å². The van der Waals surface area contributed by atoms with E-state index in [9.17, 15) is 0 Å². The summed E-state index contributed by atoms with van der Waals surface area (Å²) < 4.78 is 5.40. The van der Waals surface area contributed by atoms with Crippen molar-refractivity contribution in [3.8, 4) is 0 Å². The molecule has 2 N–H and O–H groups in total. The average molecular weight is 267 g/mol. The molecule has 0 unspecified atom stereocenters. The minimum atomic E-state index is -0.315. The Hall–Kier alpha value is -0.550. The van der Waals surface area contributed by atoms with Crippen LogP contribution in [-0.4, -0.2) is 21.6 Å². The maximum absolute atomic E-state index is 6.34. The summed E-state index contributed by atoms with van der Waals surface area (Å²) in [6, 6.07) is 0. The maximum atomic E-state index is 6.34. The van der Waals surface area contributed by atoms with E-state index >= 15 is 0 Å². The first-order valence-electron chi connectivity index (χ1n) is 6.96. The molecule has 18 heavy (non-hydrogen) atoms. The van der Waals surface area contributed by atoms with Crippen LogP contribution in [0.5, 0.6) is 0 Å². The Kier molecular flexibility index (Phi) is 3.61. The van der Waals surface area contributed by atoms with Gasteiger partial charge in [0.05, 0.1) is 5.54 Å². The summed E-state index contributed by atoms with van der Waals surface area (Å²) in [7, 11) is 0. The van der Waals surface area contributed by atoms with Gasteiger partial charge in [0.1, 0.15) is 0 Å². The lowest BCUT2D eigenvalue weighted by Gasteiger charge is -2.19. The van der Waals surface area contributed by atoms with Gasteiger partial charge in [-0.05, 0) is 43.1 Å². The van der Waals surface area contributed by atoms with Crippen LogP contribution in [0.25, 0.3) is 0 Å². The van der Waals surface area contributed by atoms with E-state index in [1.165, 1.54) is 37.2 Å². The van der Waals surface area contributed by atoms with E-state index in [1.54, 1.807) is 0 Å². The fourth-order valence-electron chi connectivity index (χ4n) is 2.97. The van der Waals surface area contributed by atoms with Gasteiger partial charge < -0.3 is 10.3 Å². The van der Waals surface area contributed by atoms with Crippen LogP contribution in [0.3, 0.4) is 0 Å². The molecule has 5 heteroatoms. The Balaban J connectivity index is 1.65. The third kappa shape index (κ3) is 2.57. The van der Waals surface area contributed by atoms with Gasteiger partial charge in [0, 0.05) is 6.42 Å². The van der Waals surface area contributed by atoms with Crippen molar-refractivity contribution >= 4 is 11.8 Å². The van der Waals surface area contributed by atoms with E-state index in [1.807, 2.05) is 11.8 Å². The topological polar surface area (TPSA) is 64.9 Å². The van der Waals surface area contributed by atoms with E-state index in [4.69, 9.17) is 10.3 Å². The SMILES string of the molecule is NC1(c2noc(CC3CCSCC3)n2)CCCC1. The van der Waals surface area contributed by atoms with Crippen molar-refractivity contribution in [3.05, 3.63) is 11.7 Å². The van der Waals surface area contributed by atoms with Crippen molar-refractivity contribution in [3.63, 3.8) is 0 Å². The standard InChI is InChI=1S/C13H21N3OS/c14-13(5-1-2-6-13)12-15-11(17-16-12)9-10-3-7-18-8-4-10/h10H,1-9,14H2. The molecule has 1 aromatic heterocycles. The van der Waals surface area contributed by atoms with Gasteiger partial charge in [-0.25, -0.2) is 0 Å². The second-order valence-corrected chi connectivity index (χ2v) is 6.86. The molecule has 1 aliphatic heterocycles. The van der Waals surface area contributed by atoms with Crippen LogP contribution in [0.2, 0.25) is 0 Å². The van der Waals surface area contributed by atoms with Gasteiger partial charge in [-0.15, -0.1) is 0 Å². The van der Waals surface area contributed by atoms with Gasteiger partial charge in [0.15, 0.2) is 5.82 Å². The number of nitrogens with two attached hydrogens (primary N) is 1. The molecule has 4 nitrogen and oxygen atoms in total. The molecule has 0 aromatic carbocycles. The van der Waals surface area contributed by atoms with Gasteiger partial charge >= 0.3 is 0 Å². The Bertz CT molecular complexity index is 395. The van der Waals surface area contributed by atoms with Gasteiger partial charge in [0.25, 0.3) is 0 Å². The lowest BCUT2D eigenvalue weighted by atomic mass is 9.97. The Morgan fingerprint density at radius 1 is 1.28 bits per heavy atom. The van der Waals surface area contributed by atoms with Crippen LogP contribution < -0.4 is 5.73 Å². The lowest BCUT2D eigenvalue weighted by molar-refractivity contribution is 0.329. The van der Waals surface area contributed by atoms with Gasteiger partial charge in [-0.2, -0.15) is 16.7 Å². The van der Waals surface area contributed by atoms with Crippen LogP contribution in [0, 0.1) is 5.92 Å². The Morgan fingerprint density at radius 2 is 2.00 bits per heavy atom. The van der Waals surface area contributed by atoms with Crippen LogP contribution in [0.1, 0.15) is 50.2 Å². The number of hydrogen-bond acceptors (Lipinski definition) is 5. The molecule has 2 aliphatic rings. The number of nitrogens with zero attached hydrogens (tertiary/aromatic N) is 2. The van der Waals surface area contributed by atoms with E-state index in [2.05, 4.69) is 10.1 Å². The van der Waals surface area contributed by atoms with Gasteiger partial charge in [-0.3, -0.25) is 0 Å². The van der Waals surface area contributed by atoms with Crippen molar-refractivity contribution in [2.24, 2.45) is 11.7 Å². The van der Waals surface area contributed by atoms with Crippen molar-refractivity contribution in [2.75, 3.05) is 11.5 Å². The highest BCUT2D eigenvalue weighted by atomic mass is 32.2. The molecular weight excluding hydrogens is 246 g/mol. The number of rotatable bonds is 3. The third-order valence-electron chi connectivity index (χ3n) is 4.21. The molecule has 1 saturated heterocycles. The number of hydrogen-bond donors (Lipinski definition) is 1. The summed E-state index contributed by atoms with van der Waals surface area (Å²) in [4.78, 5) is 4.55. The largest absolute Gasteiger partial charge is 0.339 e. The molecule has 0 atom stereocenters. The first-order chi connectivity index (χ1) is 8.76. The van der Waals surface area contributed by atoms with E-state index in [0.717, 1.165) is 36.9 Å². The van der Waals surface area contributed by atoms with Gasteiger partial charge in [0.2, 0.25) is 5.89 Å². The quantitative estimate of drug-likeness (QED) is 0.911. The second-order valence-electron chi connectivity index (χ2n) is 5.63. The van der Waals surface area contributed by atoms with Crippen molar-refractivity contribution in [2.45, 2.75) is 50.5 Å². The van der Waals surface area contributed by atoms with Crippen LogP contribution in [0.15, 0.2) is 4.52 Å². The highest BCUT2D eigenvalue weighted by Gasteiger charge is 2.36. The molecule has 1 aromatic rings. The second kappa shape index (κ2) is 5.21. The average Bonchev–Trinajstić information content (AvgIpc) is 3.01. The Morgan fingerprint density at radius 3 is 2.72 bits per heavy atom. The maximum Gasteiger partial charge on any atom is 0.226 e. The normalized spacial score (nSPS) is 24.5. The predicted octanol–water partition coefficient (Wildman–Crippen LogP) is 2.48. The summed E-state index contributed by atoms with van der Waals surface area (Å²) in [5.41, 5.74) is 6.02. The highest BCUT2D eigenvalue weighted by molar-refractivity contribution is 7.99. The highest BCUT2D eigenvalue weighted by Crippen LogP contribution is 2.35. The summed E-state index contributed by atoms with van der Waals surface area (Å²) in [5, 5.41) is 4.12. The van der Waals surface area contributed by atoms with E-state index in [0.29, 0.717) is 0 Å². The molecular formula is C13H21N3OS. The summed E-state index contributed by atoms with van der Waals surface area (Å²) in [6.07, 6.45) is 7.83. The van der Waals surface area contributed by atoms with Crippen LogP contribution in [-0.2, 0) is 12.0 Å². The smallest absolute Gasteiger partial charge is 0.226 e. The number of thioether (sulfide) groups is 1. The molecule has 0 spiro atoms. The zero-order valence-electron chi connectivity index (χ0n) is 10.7. The first-order valence-corrected chi connectivity index (χ1v) is 8.11. The number of aromatic nitrogens is 2. The summed E-state index contributed by atoms with van der Waals surface area (Å²) in [6.45, 7) is 0. The first kappa shape index (κ1) is 12.5. The molecule has 100 valence electrons. The fourth-order valence-corrected chi connectivity index (χ4v) is 4.17. The lowest BCUT2D eigenvalue weighted by Crippen LogP contribution is -2.34. The zero-order chi connectivity index (χ0) is 12.4. The van der Waals surface area contributed by atoms with Crippen LogP contribution >= 0.6 is 11.8 Å². The van der Waals surface area contributed by atoms with Crippen LogP contribution in [0.4, 0.5) is 0 Å². The minimum absolute atomic E-state index is 0.315.